The molecule has 0 aliphatic heterocycles. The largest absolute Gasteiger partial charge is 0.320 e. The number of thiophene rings is 1. The molecule has 0 aromatic carbocycles. The Morgan fingerprint density at radius 2 is 2.47 bits per heavy atom. The van der Waals surface area contributed by atoms with Crippen LogP contribution in [-0.4, -0.2) is 15.7 Å². The molecular weight excluding hydrogens is 258 g/mol. The highest BCUT2D eigenvalue weighted by atomic mass is 32.1. The van der Waals surface area contributed by atoms with Gasteiger partial charge in [0.25, 0.3) is 0 Å². The lowest BCUT2D eigenvalue weighted by Gasteiger charge is -1.98. The van der Waals surface area contributed by atoms with E-state index in [1.165, 1.54) is 12.8 Å². The number of amides is 1. The van der Waals surface area contributed by atoms with Crippen molar-refractivity contribution in [3.8, 4) is 0 Å². The van der Waals surface area contributed by atoms with Crippen LogP contribution in [0.15, 0.2) is 36.0 Å². The number of aromatic nitrogens is 2. The second-order valence-corrected chi connectivity index (χ2v) is 5.71. The highest BCUT2D eigenvalue weighted by molar-refractivity contribution is 7.10. The highest BCUT2D eigenvalue weighted by Gasteiger charge is 2.21. The number of hydrogen-bond donors (Lipinski definition) is 1. The molecule has 5 heteroatoms. The lowest BCUT2D eigenvalue weighted by molar-refractivity contribution is -0.111. The van der Waals surface area contributed by atoms with Crippen LogP contribution in [0.1, 0.15) is 17.7 Å². The summed E-state index contributed by atoms with van der Waals surface area (Å²) < 4.78 is 1.90. The zero-order chi connectivity index (χ0) is 13.1. The van der Waals surface area contributed by atoms with E-state index in [9.17, 15) is 4.79 Å². The average Bonchev–Trinajstić information content (AvgIpc) is 2.90. The van der Waals surface area contributed by atoms with Gasteiger partial charge in [-0.2, -0.15) is 5.10 Å². The summed E-state index contributed by atoms with van der Waals surface area (Å²) in [6, 6.07) is 3.94. The molecule has 3 rings (SSSR count). The molecule has 19 heavy (non-hydrogen) atoms. The molecule has 0 spiro atoms. The molecule has 1 aliphatic rings. The average molecular weight is 273 g/mol. The third kappa shape index (κ3) is 3.54. The summed E-state index contributed by atoms with van der Waals surface area (Å²) in [6.45, 7) is 0.959. The molecule has 0 unspecified atom stereocenters. The summed E-state index contributed by atoms with van der Waals surface area (Å²) >= 11 is 1.61. The quantitative estimate of drug-likeness (QED) is 0.851. The number of carbonyl (C=O) groups excluding carboxylic acids is 1. The number of hydrogen-bond acceptors (Lipinski definition) is 3. The van der Waals surface area contributed by atoms with Gasteiger partial charge in [-0.25, -0.2) is 0 Å². The fraction of sp³-hybridized carbons (Fsp3) is 0.286. The fourth-order valence-corrected chi connectivity index (χ4v) is 2.44. The molecule has 1 N–H and O–H groups in total. The van der Waals surface area contributed by atoms with Gasteiger partial charge in [-0.05, 0) is 36.3 Å². The molecule has 2 heterocycles. The Hall–Kier alpha value is -1.88. The second-order valence-electron chi connectivity index (χ2n) is 4.73. The normalized spacial score (nSPS) is 14.9. The first-order valence-electron chi connectivity index (χ1n) is 6.34. The first kappa shape index (κ1) is 12.2. The van der Waals surface area contributed by atoms with E-state index in [2.05, 4.69) is 10.4 Å². The SMILES string of the molecule is O=C(/C=C/c1cccs1)Nc1cnn(CC2CC2)c1. The first-order chi connectivity index (χ1) is 9.29. The molecule has 2 aromatic heterocycles. The maximum Gasteiger partial charge on any atom is 0.248 e. The van der Waals surface area contributed by atoms with E-state index in [1.54, 1.807) is 23.6 Å². The maximum absolute atomic E-state index is 11.7. The predicted octanol–water partition coefficient (Wildman–Crippen LogP) is 3.01. The monoisotopic (exact) mass is 273 g/mol. The van der Waals surface area contributed by atoms with Crippen LogP contribution >= 0.6 is 11.3 Å². The topological polar surface area (TPSA) is 46.9 Å². The summed E-state index contributed by atoms with van der Waals surface area (Å²) in [4.78, 5) is 12.8. The molecule has 98 valence electrons. The summed E-state index contributed by atoms with van der Waals surface area (Å²) in [5.41, 5.74) is 0.751. The van der Waals surface area contributed by atoms with Crippen LogP contribution in [0.2, 0.25) is 0 Å². The van der Waals surface area contributed by atoms with Crippen LogP contribution in [0.25, 0.3) is 6.08 Å². The van der Waals surface area contributed by atoms with Crippen molar-refractivity contribution in [3.63, 3.8) is 0 Å². The Balaban J connectivity index is 1.55. The maximum atomic E-state index is 11.7. The predicted molar refractivity (Wildman–Crippen MR) is 76.9 cm³/mol. The molecule has 1 aliphatic carbocycles. The molecule has 0 saturated heterocycles. The molecule has 0 atom stereocenters. The van der Waals surface area contributed by atoms with Gasteiger partial charge in [0.2, 0.25) is 5.91 Å². The minimum Gasteiger partial charge on any atom is -0.320 e. The van der Waals surface area contributed by atoms with Crippen LogP contribution in [-0.2, 0) is 11.3 Å². The lowest BCUT2D eigenvalue weighted by atomic mass is 10.4. The summed E-state index contributed by atoms with van der Waals surface area (Å²) in [6.07, 6.45) is 9.53. The third-order valence-corrected chi connectivity index (χ3v) is 3.82. The highest BCUT2D eigenvalue weighted by Crippen LogP contribution is 2.30. The van der Waals surface area contributed by atoms with Gasteiger partial charge in [0.1, 0.15) is 0 Å². The number of anilines is 1. The van der Waals surface area contributed by atoms with Gasteiger partial charge in [0, 0.05) is 23.7 Å². The van der Waals surface area contributed by atoms with E-state index in [4.69, 9.17) is 0 Å². The van der Waals surface area contributed by atoms with Gasteiger partial charge in [0.15, 0.2) is 0 Å². The summed E-state index contributed by atoms with van der Waals surface area (Å²) in [5, 5.41) is 9.04. The molecule has 1 saturated carbocycles. The first-order valence-corrected chi connectivity index (χ1v) is 7.22. The van der Waals surface area contributed by atoms with Crippen molar-refractivity contribution in [2.45, 2.75) is 19.4 Å². The molecule has 2 aromatic rings. The van der Waals surface area contributed by atoms with Crippen molar-refractivity contribution < 1.29 is 4.79 Å². The minimum atomic E-state index is -0.126. The van der Waals surface area contributed by atoms with E-state index < -0.39 is 0 Å². The molecule has 4 nitrogen and oxygen atoms in total. The van der Waals surface area contributed by atoms with Crippen molar-refractivity contribution in [2.24, 2.45) is 5.92 Å². The van der Waals surface area contributed by atoms with Gasteiger partial charge in [-0.15, -0.1) is 11.3 Å². The Morgan fingerprint density at radius 1 is 1.58 bits per heavy atom. The Labute approximate surface area is 115 Å². The van der Waals surface area contributed by atoms with Gasteiger partial charge >= 0.3 is 0 Å². The van der Waals surface area contributed by atoms with Crippen molar-refractivity contribution >= 4 is 29.0 Å². The van der Waals surface area contributed by atoms with Crippen LogP contribution < -0.4 is 5.32 Å². The van der Waals surface area contributed by atoms with E-state index in [-0.39, 0.29) is 5.91 Å². The van der Waals surface area contributed by atoms with E-state index in [1.807, 2.05) is 34.5 Å². The zero-order valence-corrected chi connectivity index (χ0v) is 11.3. The van der Waals surface area contributed by atoms with Gasteiger partial charge in [0.05, 0.1) is 11.9 Å². The smallest absolute Gasteiger partial charge is 0.248 e. The lowest BCUT2D eigenvalue weighted by Crippen LogP contribution is -2.07. The number of carbonyl (C=O) groups is 1. The number of rotatable bonds is 5. The van der Waals surface area contributed by atoms with Crippen LogP contribution in [0, 0.1) is 5.92 Å². The standard InChI is InChI=1S/C14H15N3OS/c18-14(6-5-13-2-1-7-19-13)16-12-8-15-17(10-12)9-11-3-4-11/h1-2,5-8,10-11H,3-4,9H2,(H,16,18)/b6-5+. The van der Waals surface area contributed by atoms with Gasteiger partial charge in [-0.3, -0.25) is 9.48 Å². The van der Waals surface area contributed by atoms with Crippen molar-refractivity contribution in [2.75, 3.05) is 5.32 Å². The van der Waals surface area contributed by atoms with Crippen molar-refractivity contribution in [1.29, 1.82) is 0 Å². The van der Waals surface area contributed by atoms with E-state index in [0.717, 1.165) is 23.0 Å². The van der Waals surface area contributed by atoms with Gasteiger partial charge < -0.3 is 5.32 Å². The van der Waals surface area contributed by atoms with E-state index in [0.29, 0.717) is 0 Å². The second kappa shape index (κ2) is 5.40. The number of nitrogens with zero attached hydrogens (tertiary/aromatic N) is 2. The van der Waals surface area contributed by atoms with Gasteiger partial charge in [-0.1, -0.05) is 6.07 Å². The van der Waals surface area contributed by atoms with Crippen molar-refractivity contribution in [1.82, 2.24) is 9.78 Å². The van der Waals surface area contributed by atoms with Crippen LogP contribution in [0.4, 0.5) is 5.69 Å². The third-order valence-electron chi connectivity index (χ3n) is 2.99. The molecule has 0 bridgehead atoms. The Kier molecular flexibility index (Phi) is 3.46. The van der Waals surface area contributed by atoms with E-state index >= 15 is 0 Å². The molecule has 1 amide bonds. The summed E-state index contributed by atoms with van der Waals surface area (Å²) in [7, 11) is 0. The zero-order valence-electron chi connectivity index (χ0n) is 10.5. The van der Waals surface area contributed by atoms with Crippen LogP contribution in [0.5, 0.6) is 0 Å². The molecule has 1 fully saturated rings. The molecular formula is C14H15N3OS. The number of nitrogens with one attached hydrogen (secondary N) is 1. The summed E-state index contributed by atoms with van der Waals surface area (Å²) in [5.74, 6) is 0.654. The molecule has 0 radical (unpaired) electrons. The van der Waals surface area contributed by atoms with Crippen LogP contribution in [0.3, 0.4) is 0 Å². The minimum absolute atomic E-state index is 0.126. The fourth-order valence-electron chi connectivity index (χ4n) is 1.82. The Morgan fingerprint density at radius 3 is 3.21 bits per heavy atom. The van der Waals surface area contributed by atoms with Crippen molar-refractivity contribution in [3.05, 3.63) is 40.9 Å². The Bertz CT molecular complexity index is 582.